The summed E-state index contributed by atoms with van der Waals surface area (Å²) in [7, 11) is 0. The van der Waals surface area contributed by atoms with Crippen LogP contribution in [-0.2, 0) is 47.6 Å². The number of ether oxygens (including phenoxy) is 6. The average molecular weight is 1090 g/mol. The molecule has 0 bridgehead atoms. The molecule has 4 aliphatic heterocycles. The van der Waals surface area contributed by atoms with Gasteiger partial charge in [0.1, 0.15) is 23.4 Å². The standard InChI is InChI=1S/C30H46O9.C30H46O8/c1-8-23(33)20(4)28-24(38-28)17-29(6,35)14-9-10-18(2)27-19(3)11-12-25(37-21(5)31)30(7,36)15-13-22(32)16-26(34)39-27;1-8-24(33)21(5)29-25(37-29)16-18(2)10-9-11-19(3)28-20(4)12-13-26(36-22(6)31)30(7,35)15-14-23(32)17-27(34)38-28/h9-15,19-20,22-25,27-28,32-33,35-36H,8,16-17H2,1-7H3;9-15,18,20-21,23-26,28-29,32-33,35H,8,16-17H2,1-7H3/b12-11+,14-9+,15-13+,18-10+;10-9+,13-12+,15-14+,19-11+. The molecule has 0 saturated carbocycles. The number of epoxide rings is 2. The molecule has 434 valence electrons. The molecule has 77 heavy (non-hydrogen) atoms. The number of esters is 4. The van der Waals surface area contributed by atoms with Crippen molar-refractivity contribution in [3.05, 3.63) is 96.2 Å². The van der Waals surface area contributed by atoms with Crippen LogP contribution in [0, 0.1) is 29.6 Å². The fraction of sp³-hybridized carbons (Fsp3) is 0.667. The molecule has 7 N–H and O–H groups in total. The number of rotatable bonds is 18. The first-order valence-electron chi connectivity index (χ1n) is 27.2. The smallest absolute Gasteiger partial charge is 0.309 e. The van der Waals surface area contributed by atoms with Crippen molar-refractivity contribution < 1.29 is 83.3 Å². The summed E-state index contributed by atoms with van der Waals surface area (Å²) in [4.78, 5) is 48.4. The predicted molar refractivity (Wildman–Crippen MR) is 291 cm³/mol. The molecule has 20 atom stereocenters. The predicted octanol–water partition coefficient (Wildman–Crippen LogP) is 6.71. The number of carbonyl (C=O) groups excluding carboxylic acids is 4. The molecule has 17 heteroatoms. The SMILES string of the molecule is CCC(O)C(C)C1OC1CC(C)(O)/C=C/C=C(\C)C1OC(=O)CC(O)/C=C/C(C)(O)C(OC(C)=O)/C=C/C1C.CCC(O)C(C)C1OC1CC(C)/C=C/C=C(\C)C1OC(=O)CC(O)/C=C/C(C)(O)C(OC(C)=O)/C=C/C1C. The zero-order valence-electron chi connectivity index (χ0n) is 47.9. The van der Waals surface area contributed by atoms with Gasteiger partial charge in [-0.1, -0.05) is 121 Å². The van der Waals surface area contributed by atoms with Crippen LogP contribution in [0.4, 0.5) is 0 Å². The Morgan fingerprint density at radius 1 is 0.701 bits per heavy atom. The minimum absolute atomic E-state index is 0.00889. The van der Waals surface area contributed by atoms with E-state index in [0.717, 1.165) is 12.0 Å². The Bertz CT molecular complexity index is 2180. The number of allylic oxidation sites excluding steroid dienone is 5. The molecular weight excluding hydrogens is 993 g/mol. The molecule has 2 fully saturated rings. The first-order valence-corrected chi connectivity index (χ1v) is 27.2. The number of carbonyl (C=O) groups is 4. The molecule has 0 amide bonds. The van der Waals surface area contributed by atoms with E-state index in [2.05, 4.69) is 13.0 Å². The van der Waals surface area contributed by atoms with Crippen LogP contribution in [0.25, 0.3) is 0 Å². The summed E-state index contributed by atoms with van der Waals surface area (Å²) in [6, 6.07) is 0. The average Bonchev–Trinajstić information content (AvgIpc) is 4.28. The van der Waals surface area contributed by atoms with Crippen molar-refractivity contribution in [1.29, 1.82) is 0 Å². The Labute approximate surface area is 457 Å². The first kappa shape index (κ1) is 66.7. The third-order valence-electron chi connectivity index (χ3n) is 14.5. The van der Waals surface area contributed by atoms with Gasteiger partial charge in [0.15, 0.2) is 12.2 Å². The van der Waals surface area contributed by atoms with Crippen LogP contribution in [0.15, 0.2) is 96.2 Å². The molecule has 0 aromatic carbocycles. The normalized spacial score (nSPS) is 36.9. The van der Waals surface area contributed by atoms with Crippen LogP contribution in [0.1, 0.15) is 135 Å². The number of hydrogen-bond donors (Lipinski definition) is 7. The second-order valence-electron chi connectivity index (χ2n) is 22.4. The third kappa shape index (κ3) is 22.6. The molecule has 0 radical (unpaired) electrons. The van der Waals surface area contributed by atoms with Crippen molar-refractivity contribution in [3.8, 4) is 0 Å². The van der Waals surface area contributed by atoms with Crippen LogP contribution >= 0.6 is 0 Å². The topological polar surface area (TPSA) is 272 Å². The molecule has 4 heterocycles. The van der Waals surface area contributed by atoms with E-state index in [-0.39, 0.29) is 73.0 Å². The number of hydrogen-bond acceptors (Lipinski definition) is 17. The Morgan fingerprint density at radius 2 is 1.10 bits per heavy atom. The molecule has 4 rings (SSSR count). The molecule has 20 unspecified atom stereocenters. The molecule has 0 aromatic heterocycles. The maximum Gasteiger partial charge on any atom is 0.309 e. The summed E-state index contributed by atoms with van der Waals surface area (Å²) >= 11 is 0. The quantitative estimate of drug-likeness (QED) is 0.0247. The third-order valence-corrected chi connectivity index (χ3v) is 14.5. The van der Waals surface area contributed by atoms with E-state index in [9.17, 15) is 54.9 Å². The van der Waals surface area contributed by atoms with E-state index in [1.54, 1.807) is 56.4 Å². The molecule has 0 aliphatic carbocycles. The van der Waals surface area contributed by atoms with E-state index < -0.39 is 83.4 Å². The van der Waals surface area contributed by atoms with E-state index in [0.29, 0.717) is 24.8 Å². The second kappa shape index (κ2) is 30.1. The highest BCUT2D eigenvalue weighted by Crippen LogP contribution is 2.38. The van der Waals surface area contributed by atoms with Crippen molar-refractivity contribution in [2.24, 2.45) is 29.6 Å². The van der Waals surface area contributed by atoms with Crippen LogP contribution < -0.4 is 0 Å². The highest BCUT2D eigenvalue weighted by Gasteiger charge is 2.48. The Kier molecular flexibility index (Phi) is 26.1. The van der Waals surface area contributed by atoms with Crippen LogP contribution in [0.5, 0.6) is 0 Å². The van der Waals surface area contributed by atoms with Gasteiger partial charge in [-0.2, -0.15) is 0 Å². The number of aliphatic hydroxyl groups excluding tert-OH is 4. The minimum atomic E-state index is -1.61. The minimum Gasteiger partial charge on any atom is -0.457 e. The Hall–Kier alpha value is -4.56. The molecule has 4 aliphatic rings. The highest BCUT2D eigenvalue weighted by molar-refractivity contribution is 5.71. The summed E-state index contributed by atoms with van der Waals surface area (Å²) in [5.41, 5.74) is -2.86. The fourth-order valence-corrected chi connectivity index (χ4v) is 9.39. The van der Waals surface area contributed by atoms with Crippen molar-refractivity contribution in [2.75, 3.05) is 0 Å². The summed E-state index contributed by atoms with van der Waals surface area (Å²) in [5.74, 6) is -2.61. The van der Waals surface area contributed by atoms with Gasteiger partial charge in [0.25, 0.3) is 0 Å². The molecule has 0 aromatic rings. The van der Waals surface area contributed by atoms with Crippen LogP contribution in [0.3, 0.4) is 0 Å². The van der Waals surface area contributed by atoms with E-state index >= 15 is 0 Å². The number of aliphatic hydroxyl groups is 7. The van der Waals surface area contributed by atoms with Crippen LogP contribution in [0.2, 0.25) is 0 Å². The molecule has 0 spiro atoms. The van der Waals surface area contributed by atoms with Gasteiger partial charge < -0.3 is 64.2 Å². The lowest BCUT2D eigenvalue weighted by Gasteiger charge is -2.29. The van der Waals surface area contributed by atoms with Gasteiger partial charge in [-0.15, -0.1) is 0 Å². The molecular formula is C60H92O17. The molecule has 17 nitrogen and oxygen atoms in total. The summed E-state index contributed by atoms with van der Waals surface area (Å²) in [5, 5.41) is 73.2. The van der Waals surface area contributed by atoms with Gasteiger partial charge in [-0.25, -0.2) is 0 Å². The number of cyclic esters (lactones) is 2. The Morgan fingerprint density at radius 3 is 1.52 bits per heavy atom. The first-order chi connectivity index (χ1) is 35.8. The van der Waals surface area contributed by atoms with Crippen LogP contribution in [-0.4, -0.2) is 150 Å². The maximum atomic E-state index is 12.6. The van der Waals surface area contributed by atoms with Gasteiger partial charge >= 0.3 is 23.9 Å². The largest absolute Gasteiger partial charge is 0.457 e. The van der Waals surface area contributed by atoms with Gasteiger partial charge in [0.05, 0.1) is 67.3 Å². The lowest BCUT2D eigenvalue weighted by Crippen LogP contribution is -2.40. The summed E-state index contributed by atoms with van der Waals surface area (Å²) < 4.78 is 33.6. The summed E-state index contributed by atoms with van der Waals surface area (Å²) in [6.45, 7) is 24.4. The lowest BCUT2D eigenvalue weighted by molar-refractivity contribution is -0.153. The van der Waals surface area contributed by atoms with Crippen molar-refractivity contribution in [2.45, 2.75) is 226 Å². The van der Waals surface area contributed by atoms with Gasteiger partial charge in [-0.05, 0) is 83.1 Å². The van der Waals surface area contributed by atoms with Gasteiger partial charge in [-0.3, -0.25) is 19.2 Å². The van der Waals surface area contributed by atoms with Gasteiger partial charge in [0.2, 0.25) is 0 Å². The van der Waals surface area contributed by atoms with E-state index in [1.165, 1.54) is 52.0 Å². The van der Waals surface area contributed by atoms with E-state index in [1.807, 2.05) is 60.6 Å². The Balaban J connectivity index is 0.000000405. The second-order valence-corrected chi connectivity index (χ2v) is 22.4. The monoisotopic (exact) mass is 1080 g/mol. The zero-order valence-corrected chi connectivity index (χ0v) is 47.9. The fourth-order valence-electron chi connectivity index (χ4n) is 9.39. The lowest BCUT2D eigenvalue weighted by atomic mass is 9.91. The van der Waals surface area contributed by atoms with Crippen molar-refractivity contribution in [3.63, 3.8) is 0 Å². The zero-order chi connectivity index (χ0) is 58.2. The summed E-state index contributed by atoms with van der Waals surface area (Å²) in [6.07, 6.45) is 18.3. The van der Waals surface area contributed by atoms with Crippen molar-refractivity contribution in [1.82, 2.24) is 0 Å². The maximum absolute atomic E-state index is 12.6. The van der Waals surface area contributed by atoms with Gasteiger partial charge in [0, 0.05) is 43.9 Å². The molecule has 2 saturated heterocycles. The van der Waals surface area contributed by atoms with Crippen molar-refractivity contribution >= 4 is 23.9 Å². The van der Waals surface area contributed by atoms with E-state index in [4.69, 9.17) is 28.4 Å². The highest BCUT2D eigenvalue weighted by atomic mass is 16.6.